The van der Waals surface area contributed by atoms with Crippen molar-refractivity contribution in [3.8, 4) is 0 Å². The zero-order chi connectivity index (χ0) is 16.4. The zero-order valence-electron chi connectivity index (χ0n) is 13.7. The highest BCUT2D eigenvalue weighted by Crippen LogP contribution is 2.27. The smallest absolute Gasteiger partial charge is 0.272 e. The Hall–Kier alpha value is -2.01. The molecule has 1 heterocycles. The Bertz CT molecular complexity index is 620. The molecule has 2 fully saturated rings. The third-order valence-electron chi connectivity index (χ3n) is 4.87. The summed E-state index contributed by atoms with van der Waals surface area (Å²) in [7, 11) is 1.85. The first-order valence-corrected chi connectivity index (χ1v) is 8.34. The number of hydrogen-bond acceptors (Lipinski definition) is 3. The maximum Gasteiger partial charge on any atom is 0.289 e. The molecule has 1 aromatic carbocycles. The van der Waals surface area contributed by atoms with Gasteiger partial charge in [-0.25, -0.2) is 15.0 Å². The molecule has 0 bridgehead atoms. The molecular formula is C18H23N3O2. The topological polar surface area (TPSA) is 53.0 Å². The third kappa shape index (κ3) is 3.06. The molecule has 2 aliphatic rings. The van der Waals surface area contributed by atoms with E-state index >= 15 is 0 Å². The first-order chi connectivity index (χ1) is 11.1. The van der Waals surface area contributed by atoms with E-state index in [0.29, 0.717) is 5.71 Å². The molecule has 0 aromatic heterocycles. The van der Waals surface area contributed by atoms with Crippen LogP contribution in [0.1, 0.15) is 39.0 Å². The van der Waals surface area contributed by atoms with Gasteiger partial charge in [0.25, 0.3) is 5.91 Å². The molecule has 1 saturated carbocycles. The number of para-hydroxylation sites is 1. The first-order valence-electron chi connectivity index (χ1n) is 8.34. The van der Waals surface area contributed by atoms with Gasteiger partial charge in [-0.15, -0.1) is 0 Å². The molecule has 2 amide bonds. The summed E-state index contributed by atoms with van der Waals surface area (Å²) in [5.74, 6) is -0.328. The van der Waals surface area contributed by atoms with Crippen LogP contribution in [-0.4, -0.2) is 35.6 Å². The van der Waals surface area contributed by atoms with Crippen LogP contribution >= 0.6 is 0 Å². The van der Waals surface area contributed by atoms with Crippen LogP contribution in [-0.2, 0) is 9.59 Å². The summed E-state index contributed by atoms with van der Waals surface area (Å²) in [6.07, 6.45) is 5.16. The lowest BCUT2D eigenvalue weighted by atomic mass is 9.89. The molecule has 5 heteroatoms. The molecule has 122 valence electrons. The molecule has 1 aliphatic carbocycles. The van der Waals surface area contributed by atoms with Gasteiger partial charge >= 0.3 is 0 Å². The maximum absolute atomic E-state index is 12.7. The minimum absolute atomic E-state index is 0.00710. The summed E-state index contributed by atoms with van der Waals surface area (Å²) < 4.78 is 0. The van der Waals surface area contributed by atoms with Gasteiger partial charge in [-0.3, -0.25) is 9.59 Å². The Labute approximate surface area is 137 Å². The monoisotopic (exact) mass is 313 g/mol. The fourth-order valence-electron chi connectivity index (χ4n) is 3.35. The van der Waals surface area contributed by atoms with Crippen molar-refractivity contribution in [3.05, 3.63) is 30.3 Å². The molecular weight excluding hydrogens is 290 g/mol. The third-order valence-corrected chi connectivity index (χ3v) is 4.87. The van der Waals surface area contributed by atoms with Crippen molar-refractivity contribution in [2.45, 2.75) is 45.1 Å². The zero-order valence-corrected chi connectivity index (χ0v) is 13.7. The molecule has 1 aromatic rings. The van der Waals surface area contributed by atoms with E-state index in [0.717, 1.165) is 31.4 Å². The fourth-order valence-corrected chi connectivity index (χ4v) is 3.35. The van der Waals surface area contributed by atoms with Gasteiger partial charge in [-0.2, -0.15) is 0 Å². The summed E-state index contributed by atoms with van der Waals surface area (Å²) in [6, 6.07) is 9.26. The Morgan fingerprint density at radius 3 is 2.43 bits per heavy atom. The molecule has 0 spiro atoms. The van der Waals surface area contributed by atoms with Crippen molar-refractivity contribution < 1.29 is 9.59 Å². The molecule has 0 radical (unpaired) electrons. The van der Waals surface area contributed by atoms with Gasteiger partial charge in [-0.1, -0.05) is 37.5 Å². The number of carbonyl (C=O) groups excluding carboxylic acids is 2. The van der Waals surface area contributed by atoms with Crippen molar-refractivity contribution >= 4 is 23.2 Å². The highest BCUT2D eigenvalue weighted by atomic mass is 16.2. The minimum Gasteiger partial charge on any atom is -0.272 e. The highest BCUT2D eigenvalue weighted by Gasteiger charge is 2.40. The fraction of sp³-hybridized carbons (Fsp3) is 0.500. The predicted molar refractivity (Wildman–Crippen MR) is 90.2 cm³/mol. The number of benzene rings is 1. The van der Waals surface area contributed by atoms with Crippen LogP contribution in [0, 0.1) is 5.92 Å². The molecule has 3 rings (SSSR count). The standard InChI is InChI=1S/C18H23N3O2/c1-13-16(19-17(22)14-9-5-3-6-10-14)18(23)21(20(13)2)15-11-7-4-8-12-15/h4,7-8,11-14H,3,5-6,9-10H2,1-2H3. The lowest BCUT2D eigenvalue weighted by molar-refractivity contribution is -0.122. The first kappa shape index (κ1) is 15.9. The van der Waals surface area contributed by atoms with E-state index in [1.54, 1.807) is 5.01 Å². The van der Waals surface area contributed by atoms with Crippen molar-refractivity contribution in [3.63, 3.8) is 0 Å². The van der Waals surface area contributed by atoms with E-state index in [-0.39, 0.29) is 23.8 Å². The van der Waals surface area contributed by atoms with E-state index in [1.807, 2.05) is 49.3 Å². The van der Waals surface area contributed by atoms with Crippen molar-refractivity contribution in [1.29, 1.82) is 0 Å². The number of hydrazine groups is 1. The quantitative estimate of drug-likeness (QED) is 0.843. The number of rotatable bonds is 2. The number of nitrogens with zero attached hydrogens (tertiary/aromatic N) is 3. The number of anilines is 1. The number of aliphatic imine (C=N–C) groups is 1. The van der Waals surface area contributed by atoms with E-state index in [4.69, 9.17) is 0 Å². The van der Waals surface area contributed by atoms with Crippen molar-refractivity contribution in [2.75, 3.05) is 12.1 Å². The Balaban J connectivity index is 1.84. The highest BCUT2D eigenvalue weighted by molar-refractivity contribution is 6.48. The van der Waals surface area contributed by atoms with Gasteiger partial charge in [0.2, 0.25) is 5.91 Å². The van der Waals surface area contributed by atoms with E-state index in [1.165, 1.54) is 6.42 Å². The maximum atomic E-state index is 12.7. The molecule has 0 N–H and O–H groups in total. The van der Waals surface area contributed by atoms with Gasteiger partial charge in [0.1, 0.15) is 5.71 Å². The van der Waals surface area contributed by atoms with E-state index in [9.17, 15) is 9.59 Å². The number of carbonyl (C=O) groups is 2. The van der Waals surface area contributed by atoms with Gasteiger partial charge in [0.05, 0.1) is 11.7 Å². The summed E-state index contributed by atoms with van der Waals surface area (Å²) >= 11 is 0. The minimum atomic E-state index is -0.199. The molecule has 1 saturated heterocycles. The second kappa shape index (κ2) is 6.62. The van der Waals surface area contributed by atoms with Crippen LogP contribution in [0.2, 0.25) is 0 Å². The van der Waals surface area contributed by atoms with Crippen LogP contribution in [0.3, 0.4) is 0 Å². The van der Waals surface area contributed by atoms with Gasteiger partial charge in [-0.05, 0) is 31.9 Å². The summed E-state index contributed by atoms with van der Waals surface area (Å²) in [5, 5.41) is 3.43. The Morgan fingerprint density at radius 1 is 1.13 bits per heavy atom. The number of amides is 2. The summed E-state index contributed by atoms with van der Waals surface area (Å²) in [6.45, 7) is 1.91. The summed E-state index contributed by atoms with van der Waals surface area (Å²) in [5.41, 5.74) is 1.15. The molecule has 1 aliphatic heterocycles. The lowest BCUT2D eigenvalue weighted by Crippen LogP contribution is -2.38. The van der Waals surface area contributed by atoms with E-state index in [2.05, 4.69) is 4.99 Å². The number of hydrogen-bond donors (Lipinski definition) is 0. The predicted octanol–water partition coefficient (Wildman–Crippen LogP) is 2.82. The van der Waals surface area contributed by atoms with Crippen LogP contribution in [0.25, 0.3) is 0 Å². The van der Waals surface area contributed by atoms with E-state index < -0.39 is 0 Å². The second-order valence-corrected chi connectivity index (χ2v) is 6.37. The second-order valence-electron chi connectivity index (χ2n) is 6.37. The Morgan fingerprint density at radius 2 is 1.78 bits per heavy atom. The normalized spacial score (nSPS) is 25.3. The Kier molecular flexibility index (Phi) is 4.57. The van der Waals surface area contributed by atoms with Crippen molar-refractivity contribution in [2.24, 2.45) is 10.9 Å². The van der Waals surface area contributed by atoms with Gasteiger partial charge < -0.3 is 0 Å². The van der Waals surface area contributed by atoms with Crippen LogP contribution in [0.15, 0.2) is 35.3 Å². The molecule has 23 heavy (non-hydrogen) atoms. The van der Waals surface area contributed by atoms with Crippen molar-refractivity contribution in [1.82, 2.24) is 5.01 Å². The average Bonchev–Trinajstić information content (AvgIpc) is 2.80. The molecule has 1 atom stereocenters. The lowest BCUT2D eigenvalue weighted by Gasteiger charge is -2.25. The van der Waals surface area contributed by atoms with Crippen LogP contribution in [0.5, 0.6) is 0 Å². The van der Waals surface area contributed by atoms with Gasteiger partial charge in [0, 0.05) is 13.0 Å². The molecule has 5 nitrogen and oxygen atoms in total. The SMILES string of the molecule is CC1C(=NC(=O)C2CCCCC2)C(=O)N(c2ccccc2)N1C. The van der Waals surface area contributed by atoms with Crippen LogP contribution in [0.4, 0.5) is 5.69 Å². The van der Waals surface area contributed by atoms with Gasteiger partial charge in [0.15, 0.2) is 0 Å². The summed E-state index contributed by atoms with van der Waals surface area (Å²) in [4.78, 5) is 29.4. The van der Waals surface area contributed by atoms with Crippen LogP contribution < -0.4 is 5.01 Å². The largest absolute Gasteiger partial charge is 0.289 e. The average molecular weight is 313 g/mol. The molecule has 1 unspecified atom stereocenters.